The first-order valence-electron chi connectivity index (χ1n) is 6.33. The molecule has 4 N–H and O–H groups in total. The summed E-state index contributed by atoms with van der Waals surface area (Å²) in [6.07, 6.45) is 0. The van der Waals surface area contributed by atoms with Gasteiger partial charge in [-0.05, 0) is 5.56 Å². The highest BCUT2D eigenvalue weighted by molar-refractivity contribution is 7.99. The minimum atomic E-state index is -0.850. The normalized spacial score (nSPS) is 11.7. The Labute approximate surface area is 130 Å². The number of aromatic nitrogens is 3. The quantitative estimate of drug-likeness (QED) is 0.523. The molecule has 0 saturated carbocycles. The van der Waals surface area contributed by atoms with Crippen LogP contribution in [0.25, 0.3) is 0 Å². The topological polar surface area (TPSA) is 123 Å². The van der Waals surface area contributed by atoms with E-state index in [1.807, 2.05) is 6.07 Å². The van der Waals surface area contributed by atoms with Crippen molar-refractivity contribution < 1.29 is 14.3 Å². The zero-order valence-corrected chi connectivity index (χ0v) is 12.6. The van der Waals surface area contributed by atoms with Crippen LogP contribution in [0.15, 0.2) is 35.5 Å². The van der Waals surface area contributed by atoms with Gasteiger partial charge in [-0.2, -0.15) is 4.98 Å². The van der Waals surface area contributed by atoms with Gasteiger partial charge in [0.1, 0.15) is 0 Å². The number of carbonyl (C=O) groups is 2. The number of carbonyl (C=O) groups excluding carboxylic acids is 2. The second kappa shape index (κ2) is 7.46. The van der Waals surface area contributed by atoms with Crippen LogP contribution in [0, 0.1) is 0 Å². The number of ether oxygens (including phenoxy) is 1. The number of hydrogen-bond acceptors (Lipinski definition) is 7. The van der Waals surface area contributed by atoms with E-state index in [1.54, 1.807) is 24.3 Å². The Hall–Kier alpha value is -2.55. The maximum absolute atomic E-state index is 12.0. The van der Waals surface area contributed by atoms with Gasteiger partial charge in [-0.3, -0.25) is 4.79 Å². The highest BCUT2D eigenvalue weighted by Crippen LogP contribution is 2.16. The van der Waals surface area contributed by atoms with Gasteiger partial charge in [0.05, 0.1) is 12.9 Å². The highest BCUT2D eigenvalue weighted by atomic mass is 32.2. The number of nitrogens with two attached hydrogens (primary N) is 1. The molecule has 1 aromatic carbocycles. The second-order valence-corrected chi connectivity index (χ2v) is 5.17. The van der Waals surface area contributed by atoms with Crippen molar-refractivity contribution in [2.45, 2.75) is 11.2 Å². The number of anilines is 1. The van der Waals surface area contributed by atoms with Crippen LogP contribution >= 0.6 is 11.8 Å². The minimum absolute atomic E-state index is 0.0532. The Morgan fingerprint density at radius 1 is 1.41 bits per heavy atom. The molecule has 2 aromatic rings. The molecule has 1 amide bonds. The maximum Gasteiger partial charge on any atom is 0.333 e. The van der Waals surface area contributed by atoms with Crippen molar-refractivity contribution in [1.82, 2.24) is 20.5 Å². The SMILES string of the molecule is COC(=O)[C@H](NC(=O)CSc1n[nH]c(N)n1)c1ccccc1. The molecule has 1 aromatic heterocycles. The number of amides is 1. The summed E-state index contributed by atoms with van der Waals surface area (Å²) in [7, 11) is 1.27. The van der Waals surface area contributed by atoms with Gasteiger partial charge in [-0.1, -0.05) is 42.1 Å². The lowest BCUT2D eigenvalue weighted by molar-refractivity contribution is -0.145. The fourth-order valence-corrected chi connectivity index (χ4v) is 2.31. The molecule has 0 bridgehead atoms. The minimum Gasteiger partial charge on any atom is -0.467 e. The third kappa shape index (κ3) is 4.22. The largest absolute Gasteiger partial charge is 0.467 e. The molecule has 8 nitrogen and oxygen atoms in total. The Morgan fingerprint density at radius 3 is 2.73 bits per heavy atom. The Morgan fingerprint density at radius 2 is 2.14 bits per heavy atom. The van der Waals surface area contributed by atoms with Gasteiger partial charge in [-0.25, -0.2) is 9.89 Å². The van der Waals surface area contributed by atoms with E-state index in [9.17, 15) is 9.59 Å². The molecule has 1 atom stereocenters. The lowest BCUT2D eigenvalue weighted by Gasteiger charge is -2.16. The van der Waals surface area contributed by atoms with Crippen LogP contribution < -0.4 is 11.1 Å². The number of thioether (sulfide) groups is 1. The summed E-state index contributed by atoms with van der Waals surface area (Å²) in [5.41, 5.74) is 6.04. The monoisotopic (exact) mass is 321 g/mol. The summed E-state index contributed by atoms with van der Waals surface area (Å²) in [6.45, 7) is 0. The summed E-state index contributed by atoms with van der Waals surface area (Å²) in [6, 6.07) is 8.01. The van der Waals surface area contributed by atoms with E-state index in [1.165, 1.54) is 7.11 Å². The number of benzene rings is 1. The summed E-state index contributed by atoms with van der Waals surface area (Å²) >= 11 is 1.11. The number of esters is 1. The third-order valence-corrected chi connectivity index (χ3v) is 3.54. The number of rotatable bonds is 6. The lowest BCUT2D eigenvalue weighted by atomic mass is 10.1. The predicted molar refractivity (Wildman–Crippen MR) is 80.9 cm³/mol. The number of hydrogen-bond donors (Lipinski definition) is 3. The molecule has 0 fully saturated rings. The van der Waals surface area contributed by atoms with E-state index in [2.05, 4.69) is 20.5 Å². The summed E-state index contributed by atoms with van der Waals surface area (Å²) in [5.74, 6) is -0.642. The fraction of sp³-hybridized carbons (Fsp3) is 0.231. The van der Waals surface area contributed by atoms with Gasteiger partial charge in [-0.15, -0.1) is 5.10 Å². The fourth-order valence-electron chi connectivity index (χ4n) is 1.70. The van der Waals surface area contributed by atoms with Crippen molar-refractivity contribution in [1.29, 1.82) is 0 Å². The molecule has 2 rings (SSSR count). The highest BCUT2D eigenvalue weighted by Gasteiger charge is 2.23. The Kier molecular flexibility index (Phi) is 5.37. The first-order valence-corrected chi connectivity index (χ1v) is 7.31. The number of nitrogens with one attached hydrogen (secondary N) is 2. The van der Waals surface area contributed by atoms with Crippen molar-refractivity contribution in [3.05, 3.63) is 35.9 Å². The van der Waals surface area contributed by atoms with Gasteiger partial charge >= 0.3 is 5.97 Å². The number of methoxy groups -OCH3 is 1. The number of nitrogens with zero attached hydrogens (tertiary/aromatic N) is 2. The average Bonchev–Trinajstić information content (AvgIpc) is 2.96. The standard InChI is InChI=1S/C13H15N5O3S/c1-21-11(20)10(8-5-3-2-4-6-8)15-9(19)7-22-13-16-12(14)17-18-13/h2-6,10H,7H2,1H3,(H,15,19)(H3,14,16,17,18)/t10-/m1/s1. The first-order chi connectivity index (χ1) is 10.6. The Bertz CT molecular complexity index is 646. The molecule has 1 heterocycles. The van der Waals surface area contributed by atoms with Crippen molar-refractivity contribution in [2.75, 3.05) is 18.6 Å². The van der Waals surface area contributed by atoms with E-state index >= 15 is 0 Å². The molecule has 0 saturated heterocycles. The van der Waals surface area contributed by atoms with Gasteiger partial charge < -0.3 is 15.8 Å². The average molecular weight is 321 g/mol. The Balaban J connectivity index is 1.98. The molecular formula is C13H15N5O3S. The van der Waals surface area contributed by atoms with Crippen LogP contribution in [-0.2, 0) is 14.3 Å². The summed E-state index contributed by atoms with van der Waals surface area (Å²) in [4.78, 5) is 27.7. The summed E-state index contributed by atoms with van der Waals surface area (Å²) < 4.78 is 4.73. The van der Waals surface area contributed by atoms with Gasteiger partial charge in [0.15, 0.2) is 6.04 Å². The molecule has 0 aliphatic heterocycles. The van der Waals surface area contributed by atoms with Gasteiger partial charge in [0, 0.05) is 0 Å². The summed E-state index contributed by atoms with van der Waals surface area (Å²) in [5, 5.41) is 9.28. The molecule has 0 aliphatic rings. The van der Waals surface area contributed by atoms with Crippen molar-refractivity contribution in [2.24, 2.45) is 0 Å². The smallest absolute Gasteiger partial charge is 0.333 e. The van der Waals surface area contributed by atoms with Crippen LogP contribution in [0.1, 0.15) is 11.6 Å². The zero-order valence-electron chi connectivity index (χ0n) is 11.8. The van der Waals surface area contributed by atoms with Crippen LogP contribution in [0.5, 0.6) is 0 Å². The molecule has 116 valence electrons. The number of aromatic amines is 1. The number of H-pyrrole nitrogens is 1. The molecule has 9 heteroatoms. The van der Waals surface area contributed by atoms with Gasteiger partial charge in [0.2, 0.25) is 17.0 Å². The molecule has 0 unspecified atom stereocenters. The first kappa shape index (κ1) is 15.8. The second-order valence-electron chi connectivity index (χ2n) is 4.23. The van der Waals surface area contributed by atoms with Crippen molar-refractivity contribution in [3.8, 4) is 0 Å². The third-order valence-electron chi connectivity index (χ3n) is 2.69. The van der Waals surface area contributed by atoms with E-state index in [0.29, 0.717) is 10.7 Å². The number of nitrogen functional groups attached to an aromatic ring is 1. The predicted octanol–water partition coefficient (Wildman–Crippen LogP) is 0.509. The molecular weight excluding hydrogens is 306 g/mol. The molecule has 22 heavy (non-hydrogen) atoms. The van der Waals surface area contributed by atoms with Crippen molar-refractivity contribution >= 4 is 29.6 Å². The zero-order chi connectivity index (χ0) is 15.9. The van der Waals surface area contributed by atoms with Crippen LogP contribution in [-0.4, -0.2) is 39.9 Å². The van der Waals surface area contributed by atoms with Crippen LogP contribution in [0.4, 0.5) is 5.95 Å². The van der Waals surface area contributed by atoms with E-state index < -0.39 is 12.0 Å². The van der Waals surface area contributed by atoms with E-state index in [4.69, 9.17) is 10.5 Å². The maximum atomic E-state index is 12.0. The lowest BCUT2D eigenvalue weighted by Crippen LogP contribution is -2.35. The van der Waals surface area contributed by atoms with E-state index in [0.717, 1.165) is 11.8 Å². The molecule has 0 radical (unpaired) electrons. The van der Waals surface area contributed by atoms with Crippen molar-refractivity contribution in [3.63, 3.8) is 0 Å². The molecule has 0 aliphatic carbocycles. The van der Waals surface area contributed by atoms with Crippen LogP contribution in [0.2, 0.25) is 0 Å². The van der Waals surface area contributed by atoms with Gasteiger partial charge in [0.25, 0.3) is 0 Å². The van der Waals surface area contributed by atoms with Crippen LogP contribution in [0.3, 0.4) is 0 Å². The molecule has 0 spiro atoms. The van der Waals surface area contributed by atoms with E-state index in [-0.39, 0.29) is 17.6 Å².